The molecule has 0 unspecified atom stereocenters. The highest BCUT2D eigenvalue weighted by Crippen LogP contribution is 2.15. The third-order valence-corrected chi connectivity index (χ3v) is 3.74. The lowest BCUT2D eigenvalue weighted by Gasteiger charge is -2.21. The fraction of sp³-hybridized carbons (Fsp3) is 0.467. The second-order valence-electron chi connectivity index (χ2n) is 5.48. The number of carbonyl (C=O) groups is 1. The summed E-state index contributed by atoms with van der Waals surface area (Å²) in [5.41, 5.74) is 6.00. The Kier molecular flexibility index (Phi) is 4.06. The molecule has 1 fully saturated rings. The minimum Gasteiger partial charge on any atom is -0.454 e. The molecule has 2 aromatic rings. The first kappa shape index (κ1) is 13.9. The van der Waals surface area contributed by atoms with Crippen LogP contribution in [0.5, 0.6) is 0 Å². The average Bonchev–Trinajstić information content (AvgIpc) is 3.09. The number of hydrogen-bond acceptors (Lipinski definition) is 4. The van der Waals surface area contributed by atoms with Crippen LogP contribution in [0.3, 0.4) is 0 Å². The van der Waals surface area contributed by atoms with E-state index in [1.807, 2.05) is 18.3 Å². The van der Waals surface area contributed by atoms with E-state index in [4.69, 9.17) is 10.2 Å². The van der Waals surface area contributed by atoms with E-state index in [1.165, 1.54) is 0 Å². The van der Waals surface area contributed by atoms with Crippen LogP contribution >= 0.6 is 0 Å². The molecule has 1 amide bonds. The predicted molar refractivity (Wildman–Crippen MR) is 77.8 cm³/mol. The maximum Gasteiger partial charge on any atom is 0.289 e. The molecule has 112 valence electrons. The normalized spacial score (nSPS) is 19.5. The van der Waals surface area contributed by atoms with Gasteiger partial charge in [0.25, 0.3) is 5.91 Å². The minimum absolute atomic E-state index is 0.0648. The third-order valence-electron chi connectivity index (χ3n) is 3.74. The van der Waals surface area contributed by atoms with E-state index in [9.17, 15) is 4.79 Å². The van der Waals surface area contributed by atoms with E-state index in [0.29, 0.717) is 18.8 Å². The fourth-order valence-corrected chi connectivity index (χ4v) is 2.65. The first-order valence-electron chi connectivity index (χ1n) is 7.33. The Hall–Kier alpha value is -2.08. The van der Waals surface area contributed by atoms with Crippen molar-refractivity contribution in [3.05, 3.63) is 42.1 Å². The van der Waals surface area contributed by atoms with Gasteiger partial charge in [-0.1, -0.05) is 6.42 Å². The van der Waals surface area contributed by atoms with Crippen LogP contribution in [-0.2, 0) is 6.54 Å². The molecule has 21 heavy (non-hydrogen) atoms. The standard InChI is InChI=1S/C15H20N4O2/c16-12-4-1-2-8-18(10-12)15(20)14-6-5-13(21-14)11-19-9-3-7-17-19/h3,5-7,9,12H,1-2,4,8,10-11,16H2/t12-/m1/s1. The van der Waals surface area contributed by atoms with Gasteiger partial charge in [0.1, 0.15) is 5.76 Å². The molecule has 3 heterocycles. The summed E-state index contributed by atoms with van der Waals surface area (Å²) in [6.45, 7) is 1.88. The number of nitrogens with two attached hydrogens (primary N) is 1. The molecular formula is C15H20N4O2. The minimum atomic E-state index is -0.0703. The number of amides is 1. The molecule has 1 aliphatic heterocycles. The van der Waals surface area contributed by atoms with Gasteiger partial charge in [-0.15, -0.1) is 0 Å². The molecule has 0 bridgehead atoms. The summed E-state index contributed by atoms with van der Waals surface area (Å²) < 4.78 is 7.41. The summed E-state index contributed by atoms with van der Waals surface area (Å²) in [5.74, 6) is 1.03. The summed E-state index contributed by atoms with van der Waals surface area (Å²) in [6, 6.07) is 5.48. The predicted octanol–water partition coefficient (Wildman–Crippen LogP) is 1.48. The molecule has 2 N–H and O–H groups in total. The van der Waals surface area contributed by atoms with E-state index in [1.54, 1.807) is 21.8 Å². The first-order chi connectivity index (χ1) is 10.2. The highest BCUT2D eigenvalue weighted by atomic mass is 16.4. The maximum atomic E-state index is 12.5. The van der Waals surface area contributed by atoms with Crippen molar-refractivity contribution in [3.8, 4) is 0 Å². The molecule has 1 atom stereocenters. The lowest BCUT2D eigenvalue weighted by molar-refractivity contribution is 0.0721. The Balaban J connectivity index is 1.68. The number of rotatable bonds is 3. The van der Waals surface area contributed by atoms with Crippen LogP contribution in [0.1, 0.15) is 35.6 Å². The Morgan fingerprint density at radius 3 is 3.14 bits per heavy atom. The van der Waals surface area contributed by atoms with E-state index in [0.717, 1.165) is 31.6 Å². The first-order valence-corrected chi connectivity index (χ1v) is 7.33. The number of carbonyl (C=O) groups excluding carboxylic acids is 1. The van der Waals surface area contributed by atoms with Crippen molar-refractivity contribution in [2.45, 2.75) is 31.8 Å². The zero-order chi connectivity index (χ0) is 14.7. The number of furan rings is 1. The summed E-state index contributed by atoms with van der Waals surface area (Å²) in [5, 5.41) is 4.12. The fourth-order valence-electron chi connectivity index (χ4n) is 2.65. The average molecular weight is 288 g/mol. The zero-order valence-corrected chi connectivity index (χ0v) is 11.9. The molecule has 6 nitrogen and oxygen atoms in total. The van der Waals surface area contributed by atoms with Gasteiger partial charge in [-0.2, -0.15) is 5.10 Å². The highest BCUT2D eigenvalue weighted by Gasteiger charge is 2.23. The van der Waals surface area contributed by atoms with Crippen molar-refractivity contribution in [2.24, 2.45) is 5.73 Å². The topological polar surface area (TPSA) is 77.3 Å². The molecule has 3 rings (SSSR count). The largest absolute Gasteiger partial charge is 0.454 e. The second-order valence-corrected chi connectivity index (χ2v) is 5.48. The van der Waals surface area contributed by atoms with Crippen LogP contribution in [0, 0.1) is 0 Å². The molecular weight excluding hydrogens is 268 g/mol. The summed E-state index contributed by atoms with van der Waals surface area (Å²) in [6.07, 6.45) is 6.63. The molecule has 0 aromatic carbocycles. The highest BCUT2D eigenvalue weighted by molar-refractivity contribution is 5.91. The van der Waals surface area contributed by atoms with Crippen molar-refractivity contribution in [3.63, 3.8) is 0 Å². The van der Waals surface area contributed by atoms with Crippen LogP contribution in [0.2, 0.25) is 0 Å². The molecule has 0 aliphatic carbocycles. The molecule has 0 spiro atoms. The number of nitrogens with zero attached hydrogens (tertiary/aromatic N) is 3. The SMILES string of the molecule is N[C@@H]1CCCCN(C(=O)c2ccc(Cn3cccn3)o2)C1. The Labute approximate surface area is 123 Å². The number of likely N-dealkylation sites (tertiary alicyclic amines) is 1. The Morgan fingerprint density at radius 1 is 1.43 bits per heavy atom. The van der Waals surface area contributed by atoms with Crippen molar-refractivity contribution >= 4 is 5.91 Å². The van der Waals surface area contributed by atoms with E-state index in [2.05, 4.69) is 5.10 Å². The van der Waals surface area contributed by atoms with E-state index < -0.39 is 0 Å². The van der Waals surface area contributed by atoms with Gasteiger partial charge in [-0.3, -0.25) is 9.48 Å². The Bertz CT molecular complexity index is 591. The van der Waals surface area contributed by atoms with E-state index >= 15 is 0 Å². The second kappa shape index (κ2) is 6.13. The molecule has 6 heteroatoms. The molecule has 2 aromatic heterocycles. The van der Waals surface area contributed by atoms with Gasteiger partial charge in [0.2, 0.25) is 0 Å². The molecule has 0 saturated carbocycles. The molecule has 1 saturated heterocycles. The van der Waals surface area contributed by atoms with Crippen molar-refractivity contribution in [2.75, 3.05) is 13.1 Å². The van der Waals surface area contributed by atoms with Crippen LogP contribution in [0.25, 0.3) is 0 Å². The van der Waals surface area contributed by atoms with Gasteiger partial charge >= 0.3 is 0 Å². The smallest absolute Gasteiger partial charge is 0.289 e. The number of hydrogen-bond donors (Lipinski definition) is 1. The zero-order valence-electron chi connectivity index (χ0n) is 11.9. The molecule has 1 aliphatic rings. The lowest BCUT2D eigenvalue weighted by Crippen LogP contribution is -2.39. The lowest BCUT2D eigenvalue weighted by atomic mass is 10.2. The van der Waals surface area contributed by atoms with Gasteiger partial charge in [0.05, 0.1) is 6.54 Å². The van der Waals surface area contributed by atoms with E-state index in [-0.39, 0.29) is 11.9 Å². The third kappa shape index (κ3) is 3.33. The van der Waals surface area contributed by atoms with Crippen molar-refractivity contribution in [1.29, 1.82) is 0 Å². The van der Waals surface area contributed by atoms with Gasteiger partial charge < -0.3 is 15.1 Å². The van der Waals surface area contributed by atoms with Crippen LogP contribution in [0.15, 0.2) is 35.0 Å². The molecule has 0 radical (unpaired) electrons. The van der Waals surface area contributed by atoms with Gasteiger partial charge in [-0.05, 0) is 31.0 Å². The van der Waals surface area contributed by atoms with Crippen molar-refractivity contribution < 1.29 is 9.21 Å². The summed E-state index contributed by atoms with van der Waals surface area (Å²) >= 11 is 0. The van der Waals surface area contributed by atoms with Crippen LogP contribution in [-0.4, -0.2) is 39.7 Å². The van der Waals surface area contributed by atoms with Crippen LogP contribution in [0.4, 0.5) is 0 Å². The number of aromatic nitrogens is 2. The summed E-state index contributed by atoms with van der Waals surface area (Å²) in [4.78, 5) is 14.3. The maximum absolute atomic E-state index is 12.5. The summed E-state index contributed by atoms with van der Waals surface area (Å²) in [7, 11) is 0. The van der Waals surface area contributed by atoms with Gasteiger partial charge in [-0.25, -0.2) is 0 Å². The van der Waals surface area contributed by atoms with Crippen LogP contribution < -0.4 is 5.73 Å². The van der Waals surface area contributed by atoms with Gasteiger partial charge in [0, 0.05) is 31.5 Å². The Morgan fingerprint density at radius 2 is 2.33 bits per heavy atom. The van der Waals surface area contributed by atoms with Gasteiger partial charge in [0.15, 0.2) is 5.76 Å². The quantitative estimate of drug-likeness (QED) is 0.928. The van der Waals surface area contributed by atoms with Crippen molar-refractivity contribution in [1.82, 2.24) is 14.7 Å². The monoisotopic (exact) mass is 288 g/mol.